The van der Waals surface area contributed by atoms with Crippen LogP contribution >= 0.6 is 11.3 Å². The van der Waals surface area contributed by atoms with Gasteiger partial charge in [0.1, 0.15) is 5.69 Å². The Hall–Kier alpha value is -3.52. The molecule has 3 N–H and O–H groups in total. The zero-order valence-electron chi connectivity index (χ0n) is 14.3. The van der Waals surface area contributed by atoms with E-state index in [-0.39, 0.29) is 11.8 Å². The third-order valence-corrected chi connectivity index (χ3v) is 4.75. The maximum Gasteiger partial charge on any atom is 0.273 e. The maximum atomic E-state index is 12.5. The van der Waals surface area contributed by atoms with Crippen LogP contribution in [0.3, 0.4) is 0 Å². The lowest BCUT2D eigenvalue weighted by molar-refractivity contribution is -0.114. The van der Waals surface area contributed by atoms with Crippen molar-refractivity contribution < 1.29 is 9.59 Å². The Kier molecular flexibility index (Phi) is 4.39. The van der Waals surface area contributed by atoms with Crippen LogP contribution in [0.15, 0.2) is 54.6 Å². The summed E-state index contributed by atoms with van der Waals surface area (Å²) in [5.74, 6) is -0.452. The van der Waals surface area contributed by atoms with Gasteiger partial charge in [-0.15, -0.1) is 0 Å². The number of anilines is 2. The van der Waals surface area contributed by atoms with Gasteiger partial charge in [0, 0.05) is 18.2 Å². The summed E-state index contributed by atoms with van der Waals surface area (Å²) in [5.41, 5.74) is 3.41. The number of aromatic nitrogens is 3. The molecular formula is C19H15N5O2S. The van der Waals surface area contributed by atoms with Crippen molar-refractivity contribution in [3.05, 3.63) is 60.3 Å². The average molecular weight is 377 g/mol. The molecule has 0 saturated carbocycles. The number of rotatable bonds is 4. The molecule has 0 fully saturated rings. The molecule has 2 amide bonds. The first-order valence-electron chi connectivity index (χ1n) is 8.19. The highest BCUT2D eigenvalue weighted by Gasteiger charge is 2.12. The zero-order valence-corrected chi connectivity index (χ0v) is 15.1. The molecule has 0 saturated heterocycles. The van der Waals surface area contributed by atoms with Gasteiger partial charge in [0.2, 0.25) is 5.91 Å². The van der Waals surface area contributed by atoms with E-state index in [2.05, 4.69) is 25.8 Å². The Morgan fingerprint density at radius 2 is 1.85 bits per heavy atom. The van der Waals surface area contributed by atoms with Gasteiger partial charge in [0.05, 0.1) is 15.9 Å². The zero-order chi connectivity index (χ0) is 18.8. The summed E-state index contributed by atoms with van der Waals surface area (Å²) >= 11 is 1.35. The number of hydrogen-bond acceptors (Lipinski definition) is 5. The normalized spacial score (nSPS) is 10.7. The van der Waals surface area contributed by atoms with Crippen molar-refractivity contribution >= 4 is 44.2 Å². The molecule has 0 aliphatic carbocycles. The number of carbonyl (C=O) groups excluding carboxylic acids is 2. The minimum atomic E-state index is -0.282. The topological polar surface area (TPSA) is 99.8 Å². The first kappa shape index (κ1) is 16.9. The maximum absolute atomic E-state index is 12.5. The number of fused-ring (bicyclic) bond motifs is 1. The first-order valence-corrected chi connectivity index (χ1v) is 9.00. The van der Waals surface area contributed by atoms with Crippen LogP contribution in [0.1, 0.15) is 17.4 Å². The smallest absolute Gasteiger partial charge is 0.273 e. The standard InChI is InChI=1S/C19H15N5O2S/c1-11(25)20-19-22-14-8-7-13(9-17(14)27-19)21-18(26)16-10-15(23-24-16)12-5-3-2-4-6-12/h2-10H,1H3,(H,21,26)(H,23,24)(H,20,22,25). The van der Waals surface area contributed by atoms with Crippen molar-refractivity contribution in [3.63, 3.8) is 0 Å². The van der Waals surface area contributed by atoms with E-state index < -0.39 is 0 Å². The molecule has 2 aromatic carbocycles. The number of hydrogen-bond donors (Lipinski definition) is 3. The van der Waals surface area contributed by atoms with Gasteiger partial charge >= 0.3 is 0 Å². The number of nitrogens with zero attached hydrogens (tertiary/aromatic N) is 2. The molecule has 134 valence electrons. The average Bonchev–Trinajstić information content (AvgIpc) is 3.28. The number of amides is 2. The predicted octanol–water partition coefficient (Wildman–Crippen LogP) is 3.90. The minimum absolute atomic E-state index is 0.170. The van der Waals surface area contributed by atoms with Gasteiger partial charge < -0.3 is 10.6 Å². The molecule has 7 nitrogen and oxygen atoms in total. The van der Waals surface area contributed by atoms with Crippen LogP contribution in [0.4, 0.5) is 10.8 Å². The lowest BCUT2D eigenvalue weighted by Crippen LogP contribution is -2.12. The molecule has 0 bridgehead atoms. The van der Waals surface area contributed by atoms with Crippen LogP contribution in [0.2, 0.25) is 0 Å². The molecule has 2 heterocycles. The van der Waals surface area contributed by atoms with Gasteiger partial charge in [-0.2, -0.15) is 5.10 Å². The molecule has 4 aromatic rings. The van der Waals surface area contributed by atoms with E-state index in [1.165, 1.54) is 18.3 Å². The van der Waals surface area contributed by atoms with Crippen molar-refractivity contribution in [2.45, 2.75) is 6.92 Å². The van der Waals surface area contributed by atoms with Gasteiger partial charge in [-0.1, -0.05) is 41.7 Å². The van der Waals surface area contributed by atoms with E-state index >= 15 is 0 Å². The third-order valence-electron chi connectivity index (χ3n) is 3.82. The van der Waals surface area contributed by atoms with Gasteiger partial charge in [-0.25, -0.2) is 4.98 Å². The number of benzene rings is 2. The Labute approximate surface area is 158 Å². The first-order chi connectivity index (χ1) is 13.1. The number of carbonyl (C=O) groups is 2. The Morgan fingerprint density at radius 1 is 1.04 bits per heavy atom. The molecule has 0 aliphatic heterocycles. The second-order valence-electron chi connectivity index (χ2n) is 5.87. The van der Waals surface area contributed by atoms with Crippen LogP contribution < -0.4 is 10.6 Å². The number of thiazole rings is 1. The predicted molar refractivity (Wildman–Crippen MR) is 106 cm³/mol. The van der Waals surface area contributed by atoms with Crippen molar-refractivity contribution in [2.24, 2.45) is 0 Å². The summed E-state index contributed by atoms with van der Waals surface area (Å²) < 4.78 is 0.867. The molecule has 8 heteroatoms. The van der Waals surface area contributed by atoms with Gasteiger partial charge in [-0.05, 0) is 24.3 Å². The van der Waals surface area contributed by atoms with Crippen LogP contribution in [-0.4, -0.2) is 27.0 Å². The summed E-state index contributed by atoms with van der Waals surface area (Å²) in [6.45, 7) is 1.44. The highest BCUT2D eigenvalue weighted by atomic mass is 32.1. The van der Waals surface area contributed by atoms with E-state index in [0.29, 0.717) is 22.2 Å². The van der Waals surface area contributed by atoms with E-state index in [1.54, 1.807) is 18.2 Å². The second-order valence-corrected chi connectivity index (χ2v) is 6.90. The molecule has 0 radical (unpaired) electrons. The fraction of sp³-hybridized carbons (Fsp3) is 0.0526. The summed E-state index contributed by atoms with van der Waals surface area (Å²) in [6.07, 6.45) is 0. The fourth-order valence-corrected chi connectivity index (χ4v) is 3.55. The fourth-order valence-electron chi connectivity index (χ4n) is 2.60. The monoisotopic (exact) mass is 377 g/mol. The summed E-state index contributed by atoms with van der Waals surface area (Å²) in [4.78, 5) is 28.0. The van der Waals surface area contributed by atoms with Gasteiger partial charge in [-0.3, -0.25) is 14.7 Å². The van der Waals surface area contributed by atoms with Gasteiger partial charge in [0.25, 0.3) is 5.91 Å². The SMILES string of the molecule is CC(=O)Nc1nc2ccc(NC(=O)c3cc(-c4ccccc4)n[nH]3)cc2s1. The molecule has 0 unspecified atom stereocenters. The van der Waals surface area contributed by atoms with E-state index in [4.69, 9.17) is 0 Å². The summed E-state index contributed by atoms with van der Waals surface area (Å²) in [7, 11) is 0. The molecule has 4 rings (SSSR count). The number of nitrogens with one attached hydrogen (secondary N) is 3. The highest BCUT2D eigenvalue weighted by molar-refractivity contribution is 7.22. The highest BCUT2D eigenvalue weighted by Crippen LogP contribution is 2.28. The van der Waals surface area contributed by atoms with Crippen LogP contribution in [0, 0.1) is 0 Å². The molecule has 2 aromatic heterocycles. The molecular weight excluding hydrogens is 362 g/mol. The van der Waals surface area contributed by atoms with Gasteiger partial charge in [0.15, 0.2) is 5.13 Å². The summed E-state index contributed by atoms with van der Waals surface area (Å²) in [6, 6.07) is 16.7. The lowest BCUT2D eigenvalue weighted by atomic mass is 10.1. The van der Waals surface area contributed by atoms with Crippen molar-refractivity contribution in [2.75, 3.05) is 10.6 Å². The van der Waals surface area contributed by atoms with Crippen LogP contribution in [0.5, 0.6) is 0 Å². The van der Waals surface area contributed by atoms with Crippen molar-refractivity contribution in [1.82, 2.24) is 15.2 Å². The Morgan fingerprint density at radius 3 is 2.63 bits per heavy atom. The molecule has 27 heavy (non-hydrogen) atoms. The molecule has 0 aliphatic rings. The van der Waals surface area contributed by atoms with Crippen molar-refractivity contribution in [3.8, 4) is 11.3 Å². The van der Waals surface area contributed by atoms with Crippen LogP contribution in [0.25, 0.3) is 21.5 Å². The molecule has 0 atom stereocenters. The Balaban J connectivity index is 1.52. The minimum Gasteiger partial charge on any atom is -0.321 e. The third kappa shape index (κ3) is 3.70. The van der Waals surface area contributed by atoms with E-state index in [0.717, 1.165) is 15.8 Å². The number of aromatic amines is 1. The van der Waals surface area contributed by atoms with E-state index in [9.17, 15) is 9.59 Å². The quantitative estimate of drug-likeness (QED) is 0.502. The van der Waals surface area contributed by atoms with E-state index in [1.807, 2.05) is 36.4 Å². The van der Waals surface area contributed by atoms with Crippen molar-refractivity contribution in [1.29, 1.82) is 0 Å². The Bertz CT molecular complexity index is 1130. The second kappa shape index (κ2) is 7.00. The largest absolute Gasteiger partial charge is 0.321 e. The number of H-pyrrole nitrogens is 1. The summed E-state index contributed by atoms with van der Waals surface area (Å²) in [5, 5.41) is 13.0. The lowest BCUT2D eigenvalue weighted by Gasteiger charge is -2.02. The molecule has 0 spiro atoms. The van der Waals surface area contributed by atoms with Crippen LogP contribution in [-0.2, 0) is 4.79 Å².